The van der Waals surface area contributed by atoms with Crippen molar-refractivity contribution < 1.29 is 4.79 Å². The van der Waals surface area contributed by atoms with E-state index in [-0.39, 0.29) is 12.0 Å². The molecule has 2 fully saturated rings. The lowest BCUT2D eigenvalue weighted by atomic mass is 9.85. The standard InChI is InChI=1S/C14H24N4O/c15-5-2-6-17-7-9-18(10-8-17)14(19)12-3-1-4-13(16)11-12/h12-13H,1-4,6-11,16H2. The van der Waals surface area contributed by atoms with Crippen LogP contribution in [0.2, 0.25) is 0 Å². The molecule has 19 heavy (non-hydrogen) atoms. The lowest BCUT2D eigenvalue weighted by Crippen LogP contribution is -2.51. The molecule has 1 heterocycles. The van der Waals surface area contributed by atoms with Crippen molar-refractivity contribution >= 4 is 5.91 Å². The molecule has 0 aromatic rings. The highest BCUT2D eigenvalue weighted by Crippen LogP contribution is 2.25. The second-order valence-electron chi connectivity index (χ2n) is 5.70. The van der Waals surface area contributed by atoms with Gasteiger partial charge in [0.2, 0.25) is 5.91 Å². The number of rotatable bonds is 3. The van der Waals surface area contributed by atoms with Gasteiger partial charge in [0.25, 0.3) is 0 Å². The third-order valence-electron chi connectivity index (χ3n) is 4.29. The van der Waals surface area contributed by atoms with Crippen LogP contribution in [0.1, 0.15) is 32.1 Å². The number of carbonyl (C=O) groups is 1. The van der Waals surface area contributed by atoms with Gasteiger partial charge in [-0.15, -0.1) is 0 Å². The molecule has 0 spiro atoms. The van der Waals surface area contributed by atoms with Crippen LogP contribution in [-0.2, 0) is 4.79 Å². The minimum atomic E-state index is 0.148. The monoisotopic (exact) mass is 264 g/mol. The maximum atomic E-state index is 12.4. The summed E-state index contributed by atoms with van der Waals surface area (Å²) < 4.78 is 0. The molecular formula is C14H24N4O. The molecule has 0 aromatic heterocycles. The smallest absolute Gasteiger partial charge is 0.225 e. The van der Waals surface area contributed by atoms with Crippen molar-refractivity contribution in [1.82, 2.24) is 9.80 Å². The minimum absolute atomic E-state index is 0.148. The van der Waals surface area contributed by atoms with Crippen LogP contribution in [0.5, 0.6) is 0 Å². The van der Waals surface area contributed by atoms with Gasteiger partial charge in [-0.3, -0.25) is 9.69 Å². The third-order valence-corrected chi connectivity index (χ3v) is 4.29. The molecule has 2 unspecified atom stereocenters. The van der Waals surface area contributed by atoms with Gasteiger partial charge in [-0.1, -0.05) is 6.42 Å². The van der Waals surface area contributed by atoms with Crippen LogP contribution >= 0.6 is 0 Å². The molecule has 1 saturated heterocycles. The molecule has 0 bridgehead atoms. The molecule has 2 N–H and O–H groups in total. The first kappa shape index (κ1) is 14.3. The van der Waals surface area contributed by atoms with E-state index >= 15 is 0 Å². The summed E-state index contributed by atoms with van der Waals surface area (Å²) in [5.41, 5.74) is 5.96. The van der Waals surface area contributed by atoms with Gasteiger partial charge in [0, 0.05) is 51.1 Å². The van der Waals surface area contributed by atoms with Gasteiger partial charge in [-0.25, -0.2) is 0 Å². The van der Waals surface area contributed by atoms with Crippen LogP contribution in [0, 0.1) is 17.2 Å². The number of hydrogen-bond donors (Lipinski definition) is 1. The van der Waals surface area contributed by atoms with Crippen molar-refractivity contribution in [1.29, 1.82) is 5.26 Å². The van der Waals surface area contributed by atoms with Gasteiger partial charge in [0.1, 0.15) is 0 Å². The van der Waals surface area contributed by atoms with Crippen LogP contribution in [0.4, 0.5) is 0 Å². The molecular weight excluding hydrogens is 240 g/mol. The topological polar surface area (TPSA) is 73.4 Å². The van der Waals surface area contributed by atoms with Gasteiger partial charge in [-0.2, -0.15) is 5.26 Å². The second kappa shape index (κ2) is 6.88. The fourth-order valence-corrected chi connectivity index (χ4v) is 3.11. The second-order valence-corrected chi connectivity index (χ2v) is 5.70. The highest BCUT2D eigenvalue weighted by atomic mass is 16.2. The third kappa shape index (κ3) is 3.92. The van der Waals surface area contributed by atoms with Crippen LogP contribution in [0.25, 0.3) is 0 Å². The zero-order valence-electron chi connectivity index (χ0n) is 11.6. The van der Waals surface area contributed by atoms with Gasteiger partial charge >= 0.3 is 0 Å². The Morgan fingerprint density at radius 3 is 2.63 bits per heavy atom. The number of piperazine rings is 1. The van der Waals surface area contributed by atoms with Crippen LogP contribution in [0.3, 0.4) is 0 Å². The molecule has 1 aliphatic heterocycles. The van der Waals surface area contributed by atoms with E-state index in [1.165, 1.54) is 0 Å². The average Bonchev–Trinajstić information content (AvgIpc) is 2.45. The first-order valence-electron chi connectivity index (χ1n) is 7.34. The molecule has 5 nitrogen and oxygen atoms in total. The number of carbonyl (C=O) groups excluding carboxylic acids is 1. The van der Waals surface area contributed by atoms with Gasteiger partial charge < -0.3 is 10.6 Å². The van der Waals surface area contributed by atoms with E-state index in [2.05, 4.69) is 11.0 Å². The predicted molar refractivity (Wildman–Crippen MR) is 73.2 cm³/mol. The van der Waals surface area contributed by atoms with Crippen molar-refractivity contribution in [2.45, 2.75) is 38.1 Å². The van der Waals surface area contributed by atoms with Gasteiger partial charge in [0.05, 0.1) is 6.07 Å². The molecule has 0 aromatic carbocycles. The van der Waals surface area contributed by atoms with E-state index in [9.17, 15) is 4.79 Å². The van der Waals surface area contributed by atoms with Crippen molar-refractivity contribution in [3.05, 3.63) is 0 Å². The molecule has 2 atom stereocenters. The van der Waals surface area contributed by atoms with E-state index in [1.54, 1.807) is 0 Å². The Balaban J connectivity index is 1.77. The fraction of sp³-hybridized carbons (Fsp3) is 0.857. The van der Waals surface area contributed by atoms with Crippen molar-refractivity contribution in [3.63, 3.8) is 0 Å². The van der Waals surface area contributed by atoms with Gasteiger partial charge in [-0.05, 0) is 19.3 Å². The fourth-order valence-electron chi connectivity index (χ4n) is 3.11. The molecule has 106 valence electrons. The Morgan fingerprint density at radius 1 is 1.26 bits per heavy atom. The molecule has 2 rings (SSSR count). The van der Waals surface area contributed by atoms with Crippen LogP contribution in [-0.4, -0.2) is 54.5 Å². The molecule has 1 aliphatic carbocycles. The summed E-state index contributed by atoms with van der Waals surface area (Å²) in [6.45, 7) is 4.22. The number of nitriles is 1. The molecule has 1 saturated carbocycles. The van der Waals surface area contributed by atoms with Crippen molar-refractivity contribution in [2.75, 3.05) is 32.7 Å². The van der Waals surface area contributed by atoms with E-state index in [0.29, 0.717) is 12.3 Å². The number of nitrogens with two attached hydrogens (primary N) is 1. The Bertz CT molecular complexity index is 344. The highest BCUT2D eigenvalue weighted by Gasteiger charge is 2.30. The summed E-state index contributed by atoms with van der Waals surface area (Å²) >= 11 is 0. The van der Waals surface area contributed by atoms with E-state index in [1.807, 2.05) is 4.90 Å². The zero-order chi connectivity index (χ0) is 13.7. The lowest BCUT2D eigenvalue weighted by molar-refractivity contribution is -0.138. The highest BCUT2D eigenvalue weighted by molar-refractivity contribution is 5.79. The largest absolute Gasteiger partial charge is 0.340 e. The molecule has 1 amide bonds. The summed E-state index contributed by atoms with van der Waals surface area (Å²) in [6.07, 6.45) is 4.57. The minimum Gasteiger partial charge on any atom is -0.340 e. The first-order chi connectivity index (χ1) is 9.20. The van der Waals surface area contributed by atoms with Gasteiger partial charge in [0.15, 0.2) is 0 Å². The quantitative estimate of drug-likeness (QED) is 0.808. The van der Waals surface area contributed by atoms with Crippen molar-refractivity contribution in [2.24, 2.45) is 11.7 Å². The summed E-state index contributed by atoms with van der Waals surface area (Å²) in [6, 6.07) is 2.38. The van der Waals surface area contributed by atoms with Crippen molar-refractivity contribution in [3.8, 4) is 6.07 Å². The summed E-state index contributed by atoms with van der Waals surface area (Å²) in [5, 5.41) is 8.58. The maximum absolute atomic E-state index is 12.4. The Morgan fingerprint density at radius 2 is 2.00 bits per heavy atom. The number of nitrogens with zero attached hydrogens (tertiary/aromatic N) is 3. The lowest BCUT2D eigenvalue weighted by Gasteiger charge is -2.37. The zero-order valence-corrected chi connectivity index (χ0v) is 11.6. The summed E-state index contributed by atoms with van der Waals surface area (Å²) in [7, 11) is 0. The van der Waals surface area contributed by atoms with Crippen LogP contribution in [0.15, 0.2) is 0 Å². The normalized spacial score (nSPS) is 28.9. The van der Waals surface area contributed by atoms with E-state index in [4.69, 9.17) is 11.0 Å². The van der Waals surface area contributed by atoms with E-state index in [0.717, 1.165) is 58.4 Å². The SMILES string of the molecule is N#CCCN1CCN(C(=O)C2CCCC(N)C2)CC1. The Kier molecular flexibility index (Phi) is 5.17. The summed E-state index contributed by atoms with van der Waals surface area (Å²) in [4.78, 5) is 16.7. The number of amides is 1. The molecule has 2 aliphatic rings. The Hall–Kier alpha value is -1.12. The van der Waals surface area contributed by atoms with Crippen LogP contribution < -0.4 is 5.73 Å². The van der Waals surface area contributed by atoms with E-state index < -0.39 is 0 Å². The summed E-state index contributed by atoms with van der Waals surface area (Å²) in [5.74, 6) is 0.449. The number of hydrogen-bond acceptors (Lipinski definition) is 4. The Labute approximate surface area is 115 Å². The first-order valence-corrected chi connectivity index (χ1v) is 7.34. The average molecular weight is 264 g/mol. The predicted octanol–water partition coefficient (Wildman–Crippen LogP) is 0.562. The molecule has 0 radical (unpaired) electrons. The molecule has 5 heteroatoms. The maximum Gasteiger partial charge on any atom is 0.225 e.